The number of amides is 1. The summed E-state index contributed by atoms with van der Waals surface area (Å²) in [5.74, 6) is 1.06. The molecule has 0 unspecified atom stereocenters. The summed E-state index contributed by atoms with van der Waals surface area (Å²) in [4.78, 5) is 20.3. The number of carbonyl (C=O) groups is 1. The molecule has 0 radical (unpaired) electrons. The van der Waals surface area contributed by atoms with Gasteiger partial charge in [0.1, 0.15) is 17.4 Å². The van der Waals surface area contributed by atoms with E-state index in [0.717, 1.165) is 21.5 Å². The molecule has 4 N–H and O–H groups in total. The van der Waals surface area contributed by atoms with Crippen molar-refractivity contribution in [1.82, 2.24) is 9.97 Å². The maximum absolute atomic E-state index is 12.1. The SMILES string of the molecule is Nc1nccc2ccccc12.O=C(Nc1nccc2cc(O)ccc12)c1ccccc1. The van der Waals surface area contributed by atoms with E-state index in [2.05, 4.69) is 15.3 Å². The first kappa shape index (κ1) is 19.8. The zero-order valence-electron chi connectivity index (χ0n) is 16.6. The zero-order chi connectivity index (χ0) is 21.6. The van der Waals surface area contributed by atoms with Crippen LogP contribution in [0.3, 0.4) is 0 Å². The number of hydrogen-bond donors (Lipinski definition) is 3. The third-order valence-electron chi connectivity index (χ3n) is 4.72. The summed E-state index contributed by atoms with van der Waals surface area (Å²) in [6.45, 7) is 0. The Labute approximate surface area is 179 Å². The van der Waals surface area contributed by atoms with Gasteiger partial charge in [-0.25, -0.2) is 9.97 Å². The molecule has 3 aromatic carbocycles. The van der Waals surface area contributed by atoms with Crippen molar-refractivity contribution in [2.75, 3.05) is 11.1 Å². The van der Waals surface area contributed by atoms with Gasteiger partial charge in [-0.2, -0.15) is 0 Å². The molecule has 0 atom stereocenters. The minimum Gasteiger partial charge on any atom is -0.508 e. The number of nitrogens with one attached hydrogen (secondary N) is 1. The number of phenols is 1. The van der Waals surface area contributed by atoms with Crippen molar-refractivity contribution in [1.29, 1.82) is 0 Å². The molecule has 5 aromatic rings. The molecule has 0 aliphatic carbocycles. The highest BCUT2D eigenvalue weighted by Crippen LogP contribution is 2.25. The van der Waals surface area contributed by atoms with Crippen molar-refractivity contribution in [2.24, 2.45) is 0 Å². The van der Waals surface area contributed by atoms with Gasteiger partial charge in [-0.1, -0.05) is 42.5 Å². The van der Waals surface area contributed by atoms with Gasteiger partial charge in [0.25, 0.3) is 5.91 Å². The van der Waals surface area contributed by atoms with E-state index >= 15 is 0 Å². The molecule has 1 amide bonds. The number of aromatic hydroxyl groups is 1. The average molecular weight is 408 g/mol. The third kappa shape index (κ3) is 4.59. The van der Waals surface area contributed by atoms with Crippen LogP contribution in [0.15, 0.2) is 97.3 Å². The van der Waals surface area contributed by atoms with Crippen LogP contribution >= 0.6 is 0 Å². The Hall–Kier alpha value is -4.45. The molecule has 0 spiro atoms. The van der Waals surface area contributed by atoms with E-state index in [1.165, 1.54) is 0 Å². The van der Waals surface area contributed by atoms with Crippen LogP contribution in [-0.4, -0.2) is 21.0 Å². The van der Waals surface area contributed by atoms with E-state index in [0.29, 0.717) is 17.2 Å². The van der Waals surface area contributed by atoms with Crippen molar-refractivity contribution >= 4 is 39.1 Å². The number of carbonyl (C=O) groups excluding carboxylic acids is 1. The smallest absolute Gasteiger partial charge is 0.256 e. The normalized spacial score (nSPS) is 10.3. The number of rotatable bonds is 2. The molecule has 0 saturated carbocycles. The summed E-state index contributed by atoms with van der Waals surface area (Å²) < 4.78 is 0. The minimum atomic E-state index is -0.210. The topological polar surface area (TPSA) is 101 Å². The standard InChI is InChI=1S/C16H12N2O2.C9H8N2/c19-13-6-7-14-12(10-13)8-9-17-15(14)18-16(20)11-4-2-1-3-5-11;10-9-8-4-2-1-3-7(8)5-6-11-9/h1-10,19H,(H,17,18,20);1-6H,(H2,10,11). The van der Waals surface area contributed by atoms with E-state index < -0.39 is 0 Å². The highest BCUT2D eigenvalue weighted by molar-refractivity contribution is 6.08. The zero-order valence-corrected chi connectivity index (χ0v) is 16.6. The number of benzene rings is 3. The van der Waals surface area contributed by atoms with Crippen LogP contribution in [0.1, 0.15) is 10.4 Å². The van der Waals surface area contributed by atoms with Crippen molar-refractivity contribution in [3.8, 4) is 5.75 Å². The molecular weight excluding hydrogens is 388 g/mol. The first-order chi connectivity index (χ1) is 15.1. The van der Waals surface area contributed by atoms with Crippen LogP contribution in [0.25, 0.3) is 21.5 Å². The fourth-order valence-corrected chi connectivity index (χ4v) is 3.18. The lowest BCUT2D eigenvalue weighted by Gasteiger charge is -2.08. The Morgan fingerprint density at radius 2 is 1.48 bits per heavy atom. The van der Waals surface area contributed by atoms with Gasteiger partial charge in [-0.15, -0.1) is 0 Å². The average Bonchev–Trinajstić information content (AvgIpc) is 2.80. The Morgan fingerprint density at radius 1 is 0.774 bits per heavy atom. The monoisotopic (exact) mass is 408 g/mol. The van der Waals surface area contributed by atoms with Crippen LogP contribution in [0, 0.1) is 0 Å². The van der Waals surface area contributed by atoms with Crippen molar-refractivity contribution < 1.29 is 9.90 Å². The number of nitrogen functional groups attached to an aromatic ring is 1. The molecule has 0 saturated heterocycles. The largest absolute Gasteiger partial charge is 0.508 e. The van der Waals surface area contributed by atoms with Crippen molar-refractivity contribution in [2.45, 2.75) is 0 Å². The second-order valence-electron chi connectivity index (χ2n) is 6.80. The van der Waals surface area contributed by atoms with Crippen molar-refractivity contribution in [3.05, 3.63) is 103 Å². The lowest BCUT2D eigenvalue weighted by atomic mass is 10.1. The number of aromatic nitrogens is 2. The molecule has 2 heterocycles. The fraction of sp³-hybridized carbons (Fsp3) is 0. The molecule has 6 nitrogen and oxygen atoms in total. The fourth-order valence-electron chi connectivity index (χ4n) is 3.18. The summed E-state index contributed by atoms with van der Waals surface area (Å²) in [6, 6.07) is 25.6. The van der Waals surface area contributed by atoms with E-state index in [1.54, 1.807) is 48.8 Å². The number of phenolic OH excluding ortho intramolecular Hbond substituents is 1. The van der Waals surface area contributed by atoms with Crippen LogP contribution in [-0.2, 0) is 0 Å². The molecule has 31 heavy (non-hydrogen) atoms. The van der Waals surface area contributed by atoms with E-state index in [1.807, 2.05) is 48.5 Å². The Balaban J connectivity index is 0.000000177. The number of fused-ring (bicyclic) bond motifs is 2. The predicted octanol–water partition coefficient (Wildman–Crippen LogP) is 5.01. The van der Waals surface area contributed by atoms with E-state index in [9.17, 15) is 9.90 Å². The highest BCUT2D eigenvalue weighted by Gasteiger charge is 2.09. The second-order valence-corrected chi connectivity index (χ2v) is 6.80. The van der Waals surface area contributed by atoms with Crippen molar-refractivity contribution in [3.63, 3.8) is 0 Å². The summed E-state index contributed by atoms with van der Waals surface area (Å²) in [5, 5.41) is 16.0. The third-order valence-corrected chi connectivity index (χ3v) is 4.72. The molecule has 5 rings (SSSR count). The van der Waals surface area contributed by atoms with Gasteiger partial charge < -0.3 is 16.2 Å². The van der Waals surface area contributed by atoms with E-state index in [4.69, 9.17) is 5.73 Å². The van der Waals surface area contributed by atoms with Crippen LogP contribution in [0.2, 0.25) is 0 Å². The van der Waals surface area contributed by atoms with Crippen LogP contribution in [0.5, 0.6) is 5.75 Å². The summed E-state index contributed by atoms with van der Waals surface area (Å²) in [6.07, 6.45) is 3.32. The lowest BCUT2D eigenvalue weighted by Crippen LogP contribution is -2.12. The number of pyridine rings is 2. The first-order valence-corrected chi connectivity index (χ1v) is 9.65. The molecule has 0 bridgehead atoms. The number of hydrogen-bond acceptors (Lipinski definition) is 5. The molecule has 0 aliphatic heterocycles. The number of nitrogens with two attached hydrogens (primary N) is 1. The quantitative estimate of drug-likeness (QED) is 0.381. The Bertz CT molecular complexity index is 1350. The molecule has 6 heteroatoms. The van der Waals surface area contributed by atoms with Gasteiger partial charge in [0.15, 0.2) is 0 Å². The summed E-state index contributed by atoms with van der Waals surface area (Å²) >= 11 is 0. The summed E-state index contributed by atoms with van der Waals surface area (Å²) in [7, 11) is 0. The number of nitrogens with zero attached hydrogens (tertiary/aromatic N) is 2. The van der Waals surface area contributed by atoms with Gasteiger partial charge in [-0.3, -0.25) is 4.79 Å². The molecule has 0 aliphatic rings. The lowest BCUT2D eigenvalue weighted by molar-refractivity contribution is 0.102. The number of anilines is 2. The van der Waals surface area contributed by atoms with Gasteiger partial charge in [0.05, 0.1) is 0 Å². The predicted molar refractivity (Wildman–Crippen MR) is 124 cm³/mol. The molecule has 2 aromatic heterocycles. The van der Waals surface area contributed by atoms with Gasteiger partial charge >= 0.3 is 0 Å². The minimum absolute atomic E-state index is 0.184. The van der Waals surface area contributed by atoms with E-state index in [-0.39, 0.29) is 11.7 Å². The highest BCUT2D eigenvalue weighted by atomic mass is 16.3. The van der Waals surface area contributed by atoms with Gasteiger partial charge in [0, 0.05) is 28.7 Å². The summed E-state index contributed by atoms with van der Waals surface area (Å²) in [5.41, 5.74) is 6.22. The molecule has 0 fully saturated rings. The van der Waals surface area contributed by atoms with Gasteiger partial charge in [-0.05, 0) is 53.2 Å². The van der Waals surface area contributed by atoms with Gasteiger partial charge in [0.2, 0.25) is 0 Å². The Kier molecular flexibility index (Phi) is 5.71. The maximum atomic E-state index is 12.1. The Morgan fingerprint density at radius 3 is 2.29 bits per heavy atom. The molecular formula is C25H20N4O2. The van der Waals surface area contributed by atoms with Crippen LogP contribution < -0.4 is 11.1 Å². The molecule has 152 valence electrons. The second kappa shape index (κ2) is 8.92. The first-order valence-electron chi connectivity index (χ1n) is 9.65. The van der Waals surface area contributed by atoms with Crippen LogP contribution in [0.4, 0.5) is 11.6 Å². The maximum Gasteiger partial charge on any atom is 0.256 e.